The summed E-state index contributed by atoms with van der Waals surface area (Å²) >= 11 is 0. The molecule has 1 saturated carbocycles. The summed E-state index contributed by atoms with van der Waals surface area (Å²) in [5.74, 6) is 1.11. The van der Waals surface area contributed by atoms with Crippen molar-refractivity contribution in [3.05, 3.63) is 11.6 Å². The van der Waals surface area contributed by atoms with Crippen molar-refractivity contribution < 1.29 is 4.79 Å². The summed E-state index contributed by atoms with van der Waals surface area (Å²) < 4.78 is 0. The van der Waals surface area contributed by atoms with Gasteiger partial charge in [0, 0.05) is 5.92 Å². The van der Waals surface area contributed by atoms with Gasteiger partial charge in [-0.2, -0.15) is 0 Å². The van der Waals surface area contributed by atoms with Crippen molar-refractivity contribution >= 4 is 6.29 Å². The molecule has 0 N–H and O–H groups in total. The predicted molar refractivity (Wildman–Crippen MR) is 55.6 cm³/mol. The zero-order valence-corrected chi connectivity index (χ0v) is 8.75. The van der Waals surface area contributed by atoms with Crippen LogP contribution in [-0.2, 0) is 4.79 Å². The van der Waals surface area contributed by atoms with Gasteiger partial charge in [-0.25, -0.2) is 0 Å². The van der Waals surface area contributed by atoms with Crippen LogP contribution in [0.25, 0.3) is 0 Å². The quantitative estimate of drug-likeness (QED) is 0.481. The number of hydrogen-bond acceptors (Lipinski definition) is 1. The molecule has 1 aliphatic carbocycles. The Morgan fingerprint density at radius 1 is 1.38 bits per heavy atom. The number of carbonyl (C=O) groups excluding carboxylic acids is 1. The first-order valence-electron chi connectivity index (χ1n) is 5.31. The first-order chi connectivity index (χ1) is 6.22. The molecule has 0 aromatic carbocycles. The Balaban J connectivity index is 2.34. The van der Waals surface area contributed by atoms with E-state index in [1.54, 1.807) is 0 Å². The van der Waals surface area contributed by atoms with E-state index in [0.29, 0.717) is 5.92 Å². The van der Waals surface area contributed by atoms with Gasteiger partial charge >= 0.3 is 0 Å². The maximum atomic E-state index is 10.6. The predicted octanol–water partition coefficient (Wildman–Crippen LogP) is 3.35. The molecule has 0 aromatic rings. The Hall–Kier alpha value is -0.590. The number of rotatable bonds is 3. The van der Waals surface area contributed by atoms with Gasteiger partial charge in [0.2, 0.25) is 0 Å². The number of hydrogen-bond donors (Lipinski definition) is 0. The van der Waals surface area contributed by atoms with Crippen LogP contribution in [0.2, 0.25) is 0 Å². The van der Waals surface area contributed by atoms with Gasteiger partial charge in [-0.05, 0) is 39.0 Å². The molecule has 1 fully saturated rings. The van der Waals surface area contributed by atoms with E-state index >= 15 is 0 Å². The average Bonchev–Trinajstić information content (AvgIpc) is 2.15. The molecule has 0 amide bonds. The first kappa shape index (κ1) is 10.5. The fourth-order valence-electron chi connectivity index (χ4n) is 2.07. The van der Waals surface area contributed by atoms with Crippen LogP contribution in [0, 0.1) is 11.8 Å². The van der Waals surface area contributed by atoms with E-state index < -0.39 is 0 Å². The molecule has 1 heteroatoms. The van der Waals surface area contributed by atoms with E-state index in [0.717, 1.165) is 25.0 Å². The van der Waals surface area contributed by atoms with Gasteiger partial charge in [-0.3, -0.25) is 0 Å². The molecule has 0 aromatic heterocycles. The molecule has 1 nitrogen and oxygen atoms in total. The molecule has 0 radical (unpaired) electrons. The van der Waals surface area contributed by atoms with Crippen LogP contribution in [0.1, 0.15) is 46.0 Å². The van der Waals surface area contributed by atoms with Gasteiger partial charge in [0.05, 0.1) is 0 Å². The Bertz CT molecular complexity index is 189. The van der Waals surface area contributed by atoms with E-state index in [-0.39, 0.29) is 0 Å². The van der Waals surface area contributed by atoms with Crippen LogP contribution in [0.4, 0.5) is 0 Å². The third-order valence-electron chi connectivity index (χ3n) is 2.88. The van der Waals surface area contributed by atoms with Crippen LogP contribution in [-0.4, -0.2) is 6.29 Å². The summed E-state index contributed by atoms with van der Waals surface area (Å²) in [5, 5.41) is 0. The van der Waals surface area contributed by atoms with Crippen LogP contribution >= 0.6 is 0 Å². The SMILES string of the molecule is CC(C)=CCC1CCCC(C=O)C1. The third-order valence-corrected chi connectivity index (χ3v) is 2.88. The molecule has 0 bridgehead atoms. The second-order valence-corrected chi connectivity index (χ2v) is 4.45. The third kappa shape index (κ3) is 3.75. The van der Waals surface area contributed by atoms with Gasteiger partial charge in [0.15, 0.2) is 0 Å². The lowest BCUT2D eigenvalue weighted by Crippen LogP contribution is -2.15. The van der Waals surface area contributed by atoms with Crippen molar-refractivity contribution in [2.45, 2.75) is 46.0 Å². The molecule has 0 spiro atoms. The highest BCUT2D eigenvalue weighted by Gasteiger charge is 2.20. The number of aldehydes is 1. The highest BCUT2D eigenvalue weighted by Crippen LogP contribution is 2.30. The summed E-state index contributed by atoms with van der Waals surface area (Å²) in [4.78, 5) is 10.6. The molecule has 0 heterocycles. The smallest absolute Gasteiger partial charge is 0.123 e. The summed E-state index contributed by atoms with van der Waals surface area (Å²) in [6, 6.07) is 0. The molecular formula is C12H20O. The average molecular weight is 180 g/mol. The van der Waals surface area contributed by atoms with Crippen molar-refractivity contribution in [2.75, 3.05) is 0 Å². The Morgan fingerprint density at radius 3 is 2.77 bits per heavy atom. The van der Waals surface area contributed by atoms with Crippen molar-refractivity contribution in [2.24, 2.45) is 11.8 Å². The normalized spacial score (nSPS) is 28.2. The first-order valence-corrected chi connectivity index (χ1v) is 5.31. The molecule has 1 aliphatic rings. The fraction of sp³-hybridized carbons (Fsp3) is 0.750. The van der Waals surface area contributed by atoms with Crippen molar-refractivity contribution in [1.82, 2.24) is 0 Å². The monoisotopic (exact) mass is 180 g/mol. The lowest BCUT2D eigenvalue weighted by molar-refractivity contribution is -0.112. The van der Waals surface area contributed by atoms with Gasteiger partial charge in [-0.1, -0.05) is 24.5 Å². The van der Waals surface area contributed by atoms with Gasteiger partial charge in [-0.15, -0.1) is 0 Å². The highest BCUT2D eigenvalue weighted by molar-refractivity contribution is 5.53. The Kier molecular flexibility index (Phi) is 4.20. The molecule has 0 aliphatic heterocycles. The largest absolute Gasteiger partial charge is 0.303 e. The molecule has 2 atom stereocenters. The van der Waals surface area contributed by atoms with Gasteiger partial charge in [0.1, 0.15) is 6.29 Å². The molecule has 1 rings (SSSR count). The maximum Gasteiger partial charge on any atom is 0.123 e. The second kappa shape index (κ2) is 5.21. The van der Waals surface area contributed by atoms with Crippen LogP contribution in [0.15, 0.2) is 11.6 Å². The van der Waals surface area contributed by atoms with Crippen LogP contribution < -0.4 is 0 Å². The highest BCUT2D eigenvalue weighted by atomic mass is 16.1. The van der Waals surface area contributed by atoms with Crippen LogP contribution in [0.3, 0.4) is 0 Å². The van der Waals surface area contributed by atoms with Crippen molar-refractivity contribution in [3.63, 3.8) is 0 Å². The second-order valence-electron chi connectivity index (χ2n) is 4.45. The molecular weight excluding hydrogens is 160 g/mol. The fourth-order valence-corrected chi connectivity index (χ4v) is 2.07. The van der Waals surface area contributed by atoms with Gasteiger partial charge < -0.3 is 4.79 Å². The summed E-state index contributed by atoms with van der Waals surface area (Å²) in [6.07, 6.45) is 9.42. The van der Waals surface area contributed by atoms with E-state index in [4.69, 9.17) is 0 Å². The van der Waals surface area contributed by atoms with E-state index in [9.17, 15) is 4.79 Å². The Labute approximate surface area is 81.2 Å². The zero-order chi connectivity index (χ0) is 9.68. The van der Waals surface area contributed by atoms with E-state index in [1.807, 2.05) is 0 Å². The summed E-state index contributed by atoms with van der Waals surface area (Å²) in [6.45, 7) is 4.28. The standard InChI is InChI=1S/C12H20O/c1-10(2)6-7-11-4-3-5-12(8-11)9-13/h6,9,11-12H,3-5,7-8H2,1-2H3. The minimum absolute atomic E-state index is 0.351. The van der Waals surface area contributed by atoms with Crippen molar-refractivity contribution in [1.29, 1.82) is 0 Å². The molecule has 0 saturated heterocycles. The van der Waals surface area contributed by atoms with E-state index in [2.05, 4.69) is 19.9 Å². The molecule has 2 unspecified atom stereocenters. The minimum Gasteiger partial charge on any atom is -0.303 e. The number of allylic oxidation sites excluding steroid dienone is 2. The summed E-state index contributed by atoms with van der Waals surface area (Å²) in [5.41, 5.74) is 1.40. The van der Waals surface area contributed by atoms with Crippen LogP contribution in [0.5, 0.6) is 0 Å². The summed E-state index contributed by atoms with van der Waals surface area (Å²) in [7, 11) is 0. The molecule has 74 valence electrons. The zero-order valence-electron chi connectivity index (χ0n) is 8.75. The molecule has 13 heavy (non-hydrogen) atoms. The van der Waals surface area contributed by atoms with Gasteiger partial charge in [0.25, 0.3) is 0 Å². The lowest BCUT2D eigenvalue weighted by atomic mass is 9.80. The number of carbonyl (C=O) groups is 1. The minimum atomic E-state index is 0.351. The van der Waals surface area contributed by atoms with E-state index in [1.165, 1.54) is 24.8 Å². The van der Waals surface area contributed by atoms with Crippen molar-refractivity contribution in [3.8, 4) is 0 Å². The Morgan fingerprint density at radius 2 is 2.15 bits per heavy atom. The maximum absolute atomic E-state index is 10.6. The lowest BCUT2D eigenvalue weighted by Gasteiger charge is -2.24. The topological polar surface area (TPSA) is 17.1 Å².